The van der Waals surface area contributed by atoms with Gasteiger partial charge >= 0.3 is 0 Å². The van der Waals surface area contributed by atoms with Crippen LogP contribution in [-0.2, 0) is 22.5 Å². The number of carbonyl (C=O) groups is 1. The summed E-state index contributed by atoms with van der Waals surface area (Å²) in [7, 11) is 0. The van der Waals surface area contributed by atoms with Crippen LogP contribution < -0.4 is 5.32 Å². The number of aromatic amines is 1. The highest BCUT2D eigenvalue weighted by molar-refractivity contribution is 7.09. The molecule has 0 bridgehead atoms. The van der Waals surface area contributed by atoms with Gasteiger partial charge in [0.2, 0.25) is 5.91 Å². The van der Waals surface area contributed by atoms with Gasteiger partial charge in [-0.1, -0.05) is 6.07 Å². The minimum Gasteiger partial charge on any atom is -0.378 e. The SMILES string of the molecule is O=C(C[C@@H]1COCCN1Cc1cccs1)NCCc1cnc[nH]1. The van der Waals surface area contributed by atoms with Gasteiger partial charge in [-0.2, -0.15) is 0 Å². The Labute approximate surface area is 139 Å². The molecule has 23 heavy (non-hydrogen) atoms. The van der Waals surface area contributed by atoms with Crippen LogP contribution in [0.4, 0.5) is 0 Å². The van der Waals surface area contributed by atoms with Crippen molar-refractivity contribution in [2.75, 3.05) is 26.3 Å². The highest BCUT2D eigenvalue weighted by atomic mass is 32.1. The molecule has 1 amide bonds. The van der Waals surface area contributed by atoms with Crippen molar-refractivity contribution in [3.05, 3.63) is 40.6 Å². The highest BCUT2D eigenvalue weighted by Gasteiger charge is 2.25. The van der Waals surface area contributed by atoms with Crippen LogP contribution in [0.15, 0.2) is 30.0 Å². The molecule has 2 aromatic rings. The first-order valence-electron chi connectivity index (χ1n) is 7.89. The molecule has 3 rings (SSSR count). The average Bonchev–Trinajstić information content (AvgIpc) is 3.23. The molecular weight excluding hydrogens is 312 g/mol. The van der Waals surface area contributed by atoms with Crippen molar-refractivity contribution in [1.29, 1.82) is 0 Å². The van der Waals surface area contributed by atoms with Gasteiger partial charge in [-0.15, -0.1) is 11.3 Å². The fourth-order valence-electron chi connectivity index (χ4n) is 2.73. The van der Waals surface area contributed by atoms with E-state index >= 15 is 0 Å². The molecule has 0 aromatic carbocycles. The van der Waals surface area contributed by atoms with E-state index in [1.54, 1.807) is 23.9 Å². The number of amides is 1. The van der Waals surface area contributed by atoms with Crippen molar-refractivity contribution in [1.82, 2.24) is 20.2 Å². The van der Waals surface area contributed by atoms with Crippen molar-refractivity contribution in [3.63, 3.8) is 0 Å². The second-order valence-corrected chi connectivity index (χ2v) is 6.69. The molecule has 0 spiro atoms. The van der Waals surface area contributed by atoms with Crippen LogP contribution in [0.5, 0.6) is 0 Å². The Balaban J connectivity index is 1.45. The zero-order valence-electron chi connectivity index (χ0n) is 13.0. The van der Waals surface area contributed by atoms with Gasteiger partial charge in [-0.25, -0.2) is 4.98 Å². The molecule has 0 radical (unpaired) electrons. The summed E-state index contributed by atoms with van der Waals surface area (Å²) in [6.45, 7) is 3.76. The van der Waals surface area contributed by atoms with Crippen molar-refractivity contribution < 1.29 is 9.53 Å². The van der Waals surface area contributed by atoms with Crippen LogP contribution >= 0.6 is 11.3 Å². The van der Waals surface area contributed by atoms with E-state index in [1.165, 1.54) is 4.88 Å². The Morgan fingerprint density at radius 1 is 1.57 bits per heavy atom. The number of aromatic nitrogens is 2. The van der Waals surface area contributed by atoms with Crippen molar-refractivity contribution >= 4 is 17.2 Å². The van der Waals surface area contributed by atoms with E-state index in [4.69, 9.17) is 4.74 Å². The molecule has 2 N–H and O–H groups in total. The van der Waals surface area contributed by atoms with E-state index in [9.17, 15) is 4.79 Å². The van der Waals surface area contributed by atoms with Crippen LogP contribution in [0, 0.1) is 0 Å². The Morgan fingerprint density at radius 3 is 3.30 bits per heavy atom. The number of hydrogen-bond donors (Lipinski definition) is 2. The molecule has 1 aliphatic heterocycles. The number of rotatable bonds is 7. The number of nitrogens with zero attached hydrogens (tertiary/aromatic N) is 2. The van der Waals surface area contributed by atoms with Gasteiger partial charge in [0.1, 0.15) is 0 Å². The van der Waals surface area contributed by atoms with Gasteiger partial charge in [-0.05, 0) is 11.4 Å². The summed E-state index contributed by atoms with van der Waals surface area (Å²) in [6.07, 6.45) is 4.68. The molecule has 7 heteroatoms. The molecule has 3 heterocycles. The first kappa shape index (κ1) is 16.2. The van der Waals surface area contributed by atoms with Gasteiger partial charge in [0, 0.05) is 55.3 Å². The molecule has 0 aliphatic carbocycles. The third-order valence-electron chi connectivity index (χ3n) is 3.98. The summed E-state index contributed by atoms with van der Waals surface area (Å²) < 4.78 is 5.56. The maximum Gasteiger partial charge on any atom is 0.221 e. The second kappa shape index (κ2) is 8.24. The lowest BCUT2D eigenvalue weighted by Crippen LogP contribution is -2.47. The van der Waals surface area contributed by atoms with E-state index in [-0.39, 0.29) is 11.9 Å². The van der Waals surface area contributed by atoms with E-state index in [0.717, 1.165) is 31.8 Å². The Bertz CT molecular complexity index is 585. The largest absolute Gasteiger partial charge is 0.378 e. The van der Waals surface area contributed by atoms with Gasteiger partial charge < -0.3 is 15.0 Å². The molecule has 124 valence electrons. The standard InChI is InChI=1S/C16H22N4O2S/c21-16(18-4-3-13-9-17-12-19-13)8-14-11-22-6-5-20(14)10-15-2-1-7-23-15/h1-2,7,9,12,14H,3-6,8,10-11H2,(H,17,19)(H,18,21)/t14-/m1/s1. The fourth-order valence-corrected chi connectivity index (χ4v) is 3.46. The lowest BCUT2D eigenvalue weighted by molar-refractivity contribution is -0.124. The maximum atomic E-state index is 12.2. The van der Waals surface area contributed by atoms with Gasteiger partial charge in [-0.3, -0.25) is 9.69 Å². The first-order chi connectivity index (χ1) is 11.3. The molecule has 0 saturated carbocycles. The number of nitrogens with one attached hydrogen (secondary N) is 2. The van der Waals surface area contributed by atoms with Crippen LogP contribution in [0.3, 0.4) is 0 Å². The number of morpholine rings is 1. The number of imidazole rings is 1. The number of hydrogen-bond acceptors (Lipinski definition) is 5. The summed E-state index contributed by atoms with van der Waals surface area (Å²) in [4.78, 5) is 22.9. The topological polar surface area (TPSA) is 70.2 Å². The van der Waals surface area contributed by atoms with Crippen molar-refractivity contribution in [3.8, 4) is 0 Å². The van der Waals surface area contributed by atoms with Crippen LogP contribution in [-0.4, -0.2) is 53.1 Å². The molecule has 6 nitrogen and oxygen atoms in total. The summed E-state index contributed by atoms with van der Waals surface area (Å²) >= 11 is 1.76. The minimum atomic E-state index is 0.0798. The molecule has 1 saturated heterocycles. The van der Waals surface area contributed by atoms with Crippen molar-refractivity contribution in [2.24, 2.45) is 0 Å². The molecule has 1 aliphatic rings. The number of carbonyl (C=O) groups excluding carboxylic acids is 1. The molecular formula is C16H22N4O2S. The predicted molar refractivity (Wildman–Crippen MR) is 89.3 cm³/mol. The monoisotopic (exact) mass is 334 g/mol. The molecule has 1 atom stereocenters. The van der Waals surface area contributed by atoms with Crippen molar-refractivity contribution in [2.45, 2.75) is 25.4 Å². The zero-order chi connectivity index (χ0) is 15.9. The normalized spacial score (nSPS) is 18.9. The van der Waals surface area contributed by atoms with E-state index in [1.807, 2.05) is 0 Å². The molecule has 0 unspecified atom stereocenters. The van der Waals surface area contributed by atoms with E-state index in [0.29, 0.717) is 19.6 Å². The quantitative estimate of drug-likeness (QED) is 0.803. The Kier molecular flexibility index (Phi) is 5.79. The fraction of sp³-hybridized carbons (Fsp3) is 0.500. The average molecular weight is 334 g/mol. The lowest BCUT2D eigenvalue weighted by atomic mass is 10.1. The van der Waals surface area contributed by atoms with Crippen LogP contribution in [0.25, 0.3) is 0 Å². The Hall–Kier alpha value is -1.70. The van der Waals surface area contributed by atoms with Gasteiger partial charge in [0.15, 0.2) is 0 Å². The third kappa shape index (κ3) is 4.89. The molecule has 2 aromatic heterocycles. The lowest BCUT2D eigenvalue weighted by Gasteiger charge is -2.34. The zero-order valence-corrected chi connectivity index (χ0v) is 13.8. The van der Waals surface area contributed by atoms with Gasteiger partial charge in [0.05, 0.1) is 19.5 Å². The number of thiophene rings is 1. The third-order valence-corrected chi connectivity index (χ3v) is 4.84. The maximum absolute atomic E-state index is 12.2. The Morgan fingerprint density at radius 2 is 2.52 bits per heavy atom. The number of ether oxygens (including phenoxy) is 1. The summed E-state index contributed by atoms with van der Waals surface area (Å²) in [5.41, 5.74) is 1.03. The first-order valence-corrected chi connectivity index (χ1v) is 8.77. The van der Waals surface area contributed by atoms with E-state index < -0.39 is 0 Å². The minimum absolute atomic E-state index is 0.0798. The van der Waals surface area contributed by atoms with Crippen LogP contribution in [0.1, 0.15) is 17.0 Å². The predicted octanol–water partition coefficient (Wildman–Crippen LogP) is 1.42. The summed E-state index contributed by atoms with van der Waals surface area (Å²) in [5, 5.41) is 5.07. The summed E-state index contributed by atoms with van der Waals surface area (Å²) in [6, 6.07) is 4.36. The molecule has 1 fully saturated rings. The number of H-pyrrole nitrogens is 1. The highest BCUT2D eigenvalue weighted by Crippen LogP contribution is 2.17. The van der Waals surface area contributed by atoms with E-state index in [2.05, 4.69) is 37.7 Å². The van der Waals surface area contributed by atoms with Crippen LogP contribution in [0.2, 0.25) is 0 Å². The summed E-state index contributed by atoms with van der Waals surface area (Å²) in [5.74, 6) is 0.0798. The smallest absolute Gasteiger partial charge is 0.221 e. The second-order valence-electron chi connectivity index (χ2n) is 5.66. The van der Waals surface area contributed by atoms with Gasteiger partial charge in [0.25, 0.3) is 0 Å².